The molecule has 0 saturated heterocycles. The van der Waals surface area contributed by atoms with Crippen LogP contribution in [0, 0.1) is 5.82 Å². The average Bonchev–Trinajstić information content (AvgIpc) is 3.14. The Morgan fingerprint density at radius 3 is 2.50 bits per heavy atom. The van der Waals surface area contributed by atoms with Crippen LogP contribution in [0.1, 0.15) is 35.8 Å². The lowest BCUT2D eigenvalue weighted by Gasteiger charge is -2.12. The number of nitrogens with zero attached hydrogens (tertiary/aromatic N) is 4. The average molecular weight is 327 g/mol. The van der Waals surface area contributed by atoms with Gasteiger partial charge in [0.2, 0.25) is 0 Å². The standard InChI is InChI=1S/C17H18FN5O/c1-11(2)16-14(17(24)20-15-8-9-22(3)21-15)10-19-23(16)13-6-4-12(18)5-7-13/h4-11H,1-3H3,(H,20,21,24). The molecule has 1 amide bonds. The van der Waals surface area contributed by atoms with Crippen molar-refractivity contribution >= 4 is 11.7 Å². The Kier molecular flexibility index (Phi) is 4.16. The summed E-state index contributed by atoms with van der Waals surface area (Å²) in [5.41, 5.74) is 1.94. The molecule has 0 saturated carbocycles. The van der Waals surface area contributed by atoms with Crippen LogP contribution >= 0.6 is 0 Å². The zero-order valence-electron chi connectivity index (χ0n) is 13.7. The summed E-state index contributed by atoms with van der Waals surface area (Å²) in [6, 6.07) is 7.73. The second-order valence-corrected chi connectivity index (χ2v) is 5.82. The van der Waals surface area contributed by atoms with Crippen molar-refractivity contribution in [1.29, 1.82) is 0 Å². The van der Waals surface area contributed by atoms with Gasteiger partial charge in [-0.15, -0.1) is 0 Å². The molecule has 0 unspecified atom stereocenters. The van der Waals surface area contributed by atoms with Crippen molar-refractivity contribution in [2.24, 2.45) is 7.05 Å². The Labute approximate surface area is 138 Å². The third-order valence-corrected chi connectivity index (χ3v) is 3.62. The fourth-order valence-corrected chi connectivity index (χ4v) is 2.54. The molecule has 1 aromatic carbocycles. The number of hydrogen-bond acceptors (Lipinski definition) is 3. The van der Waals surface area contributed by atoms with Crippen molar-refractivity contribution < 1.29 is 9.18 Å². The number of carbonyl (C=O) groups is 1. The minimum atomic E-state index is -0.315. The van der Waals surface area contributed by atoms with E-state index in [-0.39, 0.29) is 17.6 Å². The predicted molar refractivity (Wildman–Crippen MR) is 88.8 cm³/mol. The maximum atomic E-state index is 13.1. The molecule has 0 aliphatic carbocycles. The van der Waals surface area contributed by atoms with Crippen LogP contribution in [0.2, 0.25) is 0 Å². The number of aromatic nitrogens is 4. The molecule has 2 heterocycles. The number of aryl methyl sites for hydroxylation is 1. The highest BCUT2D eigenvalue weighted by molar-refractivity contribution is 6.04. The Balaban J connectivity index is 1.96. The van der Waals surface area contributed by atoms with Crippen LogP contribution in [0.5, 0.6) is 0 Å². The van der Waals surface area contributed by atoms with Crippen molar-refractivity contribution in [2.45, 2.75) is 19.8 Å². The molecule has 7 heteroatoms. The van der Waals surface area contributed by atoms with Crippen LogP contribution in [0.15, 0.2) is 42.7 Å². The van der Waals surface area contributed by atoms with E-state index in [0.29, 0.717) is 17.1 Å². The minimum Gasteiger partial charge on any atom is -0.305 e. The summed E-state index contributed by atoms with van der Waals surface area (Å²) in [5.74, 6) is -0.0512. The highest BCUT2D eigenvalue weighted by Crippen LogP contribution is 2.24. The fourth-order valence-electron chi connectivity index (χ4n) is 2.54. The van der Waals surface area contributed by atoms with Gasteiger partial charge in [0.1, 0.15) is 5.82 Å². The number of amides is 1. The maximum Gasteiger partial charge on any atom is 0.260 e. The SMILES string of the molecule is CC(C)c1c(C(=O)Nc2ccn(C)n2)cnn1-c1ccc(F)cc1. The Hall–Kier alpha value is -2.96. The molecule has 1 N–H and O–H groups in total. The molecule has 124 valence electrons. The second kappa shape index (κ2) is 6.27. The van der Waals surface area contributed by atoms with Crippen LogP contribution in [0.3, 0.4) is 0 Å². The quantitative estimate of drug-likeness (QED) is 0.801. The van der Waals surface area contributed by atoms with Gasteiger partial charge in [-0.05, 0) is 30.2 Å². The van der Waals surface area contributed by atoms with Crippen LogP contribution in [0.25, 0.3) is 5.69 Å². The highest BCUT2D eigenvalue weighted by atomic mass is 19.1. The van der Waals surface area contributed by atoms with Crippen LogP contribution in [-0.2, 0) is 7.05 Å². The predicted octanol–water partition coefficient (Wildman–Crippen LogP) is 3.12. The lowest BCUT2D eigenvalue weighted by molar-refractivity contribution is 0.102. The van der Waals surface area contributed by atoms with Crippen LogP contribution in [0.4, 0.5) is 10.2 Å². The summed E-state index contributed by atoms with van der Waals surface area (Å²) < 4.78 is 16.4. The van der Waals surface area contributed by atoms with E-state index in [2.05, 4.69) is 15.5 Å². The maximum absolute atomic E-state index is 13.1. The minimum absolute atomic E-state index is 0.0574. The second-order valence-electron chi connectivity index (χ2n) is 5.82. The molecule has 3 aromatic rings. The number of anilines is 1. The Morgan fingerprint density at radius 1 is 1.21 bits per heavy atom. The summed E-state index contributed by atoms with van der Waals surface area (Å²) in [6.45, 7) is 3.96. The van der Waals surface area contributed by atoms with E-state index in [9.17, 15) is 9.18 Å². The van der Waals surface area contributed by atoms with Gasteiger partial charge in [0.15, 0.2) is 5.82 Å². The Morgan fingerprint density at radius 2 is 1.92 bits per heavy atom. The zero-order chi connectivity index (χ0) is 17.3. The molecule has 24 heavy (non-hydrogen) atoms. The smallest absolute Gasteiger partial charge is 0.260 e. The van der Waals surface area contributed by atoms with Gasteiger partial charge >= 0.3 is 0 Å². The van der Waals surface area contributed by atoms with Crippen molar-refractivity contribution in [3.8, 4) is 5.69 Å². The first-order chi connectivity index (χ1) is 11.5. The molecular weight excluding hydrogens is 309 g/mol. The molecule has 3 rings (SSSR count). The molecule has 0 aliphatic heterocycles. The van der Waals surface area contributed by atoms with E-state index >= 15 is 0 Å². The molecule has 2 aromatic heterocycles. The largest absolute Gasteiger partial charge is 0.305 e. The molecular formula is C17H18FN5O. The number of carbonyl (C=O) groups excluding carboxylic acids is 1. The van der Waals surface area contributed by atoms with Gasteiger partial charge in [-0.2, -0.15) is 10.2 Å². The van der Waals surface area contributed by atoms with E-state index in [1.54, 1.807) is 40.8 Å². The first-order valence-electron chi connectivity index (χ1n) is 7.60. The lowest BCUT2D eigenvalue weighted by Crippen LogP contribution is -2.16. The number of benzene rings is 1. The first kappa shape index (κ1) is 15.9. The molecule has 0 radical (unpaired) electrons. The Bertz CT molecular complexity index is 863. The number of hydrogen-bond donors (Lipinski definition) is 1. The normalized spacial score (nSPS) is 11.0. The van der Waals surface area contributed by atoms with Gasteiger partial charge in [-0.3, -0.25) is 9.48 Å². The van der Waals surface area contributed by atoms with Gasteiger partial charge in [0.05, 0.1) is 23.1 Å². The lowest BCUT2D eigenvalue weighted by atomic mass is 10.1. The summed E-state index contributed by atoms with van der Waals surface area (Å²) in [6.07, 6.45) is 3.28. The fraction of sp³-hybridized carbons (Fsp3) is 0.235. The van der Waals surface area contributed by atoms with Gasteiger partial charge < -0.3 is 5.32 Å². The van der Waals surface area contributed by atoms with Crippen LogP contribution < -0.4 is 5.32 Å². The molecule has 0 spiro atoms. The zero-order valence-corrected chi connectivity index (χ0v) is 13.7. The number of nitrogens with one attached hydrogen (secondary N) is 1. The molecule has 0 bridgehead atoms. The third kappa shape index (κ3) is 3.05. The first-order valence-corrected chi connectivity index (χ1v) is 7.60. The van der Waals surface area contributed by atoms with Gasteiger partial charge in [0, 0.05) is 19.3 Å². The van der Waals surface area contributed by atoms with Crippen molar-refractivity contribution in [2.75, 3.05) is 5.32 Å². The van der Waals surface area contributed by atoms with E-state index < -0.39 is 0 Å². The monoisotopic (exact) mass is 327 g/mol. The van der Waals surface area contributed by atoms with Gasteiger partial charge in [-0.1, -0.05) is 13.8 Å². The summed E-state index contributed by atoms with van der Waals surface area (Å²) in [7, 11) is 1.78. The summed E-state index contributed by atoms with van der Waals surface area (Å²) in [5, 5.41) is 11.2. The van der Waals surface area contributed by atoms with Gasteiger partial charge in [0.25, 0.3) is 5.91 Å². The van der Waals surface area contributed by atoms with E-state index in [4.69, 9.17) is 0 Å². The van der Waals surface area contributed by atoms with E-state index in [0.717, 1.165) is 5.69 Å². The number of rotatable bonds is 4. The molecule has 6 nitrogen and oxygen atoms in total. The third-order valence-electron chi connectivity index (χ3n) is 3.62. The van der Waals surface area contributed by atoms with E-state index in [1.165, 1.54) is 18.3 Å². The van der Waals surface area contributed by atoms with Crippen LogP contribution in [-0.4, -0.2) is 25.5 Å². The van der Waals surface area contributed by atoms with Crippen molar-refractivity contribution in [3.63, 3.8) is 0 Å². The topological polar surface area (TPSA) is 64.7 Å². The highest BCUT2D eigenvalue weighted by Gasteiger charge is 2.21. The molecule has 0 aliphatic rings. The molecule has 0 atom stereocenters. The summed E-state index contributed by atoms with van der Waals surface area (Å²) >= 11 is 0. The van der Waals surface area contributed by atoms with Crippen molar-refractivity contribution in [3.05, 3.63) is 59.8 Å². The summed E-state index contributed by atoms with van der Waals surface area (Å²) in [4.78, 5) is 12.6. The number of halogens is 1. The van der Waals surface area contributed by atoms with Crippen molar-refractivity contribution in [1.82, 2.24) is 19.6 Å². The molecule has 0 fully saturated rings. The van der Waals surface area contributed by atoms with E-state index in [1.807, 2.05) is 13.8 Å². The van der Waals surface area contributed by atoms with Gasteiger partial charge in [-0.25, -0.2) is 9.07 Å².